The number of rotatable bonds is 9. The molecule has 2 heterocycles. The van der Waals surface area contributed by atoms with E-state index in [-0.39, 0.29) is 12.2 Å². The maximum Gasteiger partial charge on any atom is 0.338 e. The number of halogens is 1. The summed E-state index contributed by atoms with van der Waals surface area (Å²) in [6.45, 7) is 6.49. The first-order chi connectivity index (χ1) is 19.9. The summed E-state index contributed by atoms with van der Waals surface area (Å²) in [5.41, 5.74) is 3.13. The van der Waals surface area contributed by atoms with E-state index in [1.165, 1.54) is 11.3 Å². The predicted octanol–water partition coefficient (Wildman–Crippen LogP) is 5.43. The number of carbonyl (C=O) groups is 1. The Labute approximate surface area is 246 Å². The summed E-state index contributed by atoms with van der Waals surface area (Å²) in [5, 5.41) is 0.556. The summed E-state index contributed by atoms with van der Waals surface area (Å²) < 4.78 is 19.3. The molecule has 0 fully saturated rings. The lowest BCUT2D eigenvalue weighted by Gasteiger charge is -2.24. The molecule has 1 atom stereocenters. The van der Waals surface area contributed by atoms with Gasteiger partial charge in [-0.25, -0.2) is 9.79 Å². The second-order valence-corrected chi connectivity index (χ2v) is 10.7. The lowest BCUT2D eigenvalue weighted by atomic mass is 9.96. The van der Waals surface area contributed by atoms with Gasteiger partial charge in [-0.15, -0.1) is 0 Å². The Morgan fingerprint density at radius 3 is 2.46 bits per heavy atom. The standard InChI is InChI=1S/C32H29ClN2O5S/c1-4-38-26-17-22(11-16-25(26)40-19-21-9-7-6-8-10-21)18-27-30(36)35-29(23-12-14-24(33)15-13-23)28(31(37)39-5-2)20(3)34-32(35)41-27/h6-18,29H,4-5,19H2,1-3H3/b27-18-. The second-order valence-electron chi connectivity index (χ2n) is 9.27. The molecule has 0 saturated carbocycles. The zero-order valence-corrected chi connectivity index (χ0v) is 24.5. The number of carbonyl (C=O) groups excluding carboxylic acids is 1. The Kier molecular flexibility index (Phi) is 8.71. The van der Waals surface area contributed by atoms with Gasteiger partial charge >= 0.3 is 5.97 Å². The van der Waals surface area contributed by atoms with E-state index in [1.807, 2.05) is 67.6 Å². The van der Waals surface area contributed by atoms with Crippen LogP contribution in [0.4, 0.5) is 0 Å². The van der Waals surface area contributed by atoms with E-state index in [0.717, 1.165) is 16.7 Å². The molecule has 0 amide bonds. The summed E-state index contributed by atoms with van der Waals surface area (Å²) in [5.74, 6) is 0.701. The van der Waals surface area contributed by atoms with Crippen LogP contribution < -0.4 is 24.4 Å². The highest BCUT2D eigenvalue weighted by atomic mass is 35.5. The van der Waals surface area contributed by atoms with Gasteiger partial charge in [0.15, 0.2) is 16.3 Å². The minimum absolute atomic E-state index is 0.209. The van der Waals surface area contributed by atoms with Gasteiger partial charge in [-0.05, 0) is 67.8 Å². The second kappa shape index (κ2) is 12.6. The predicted molar refractivity (Wildman–Crippen MR) is 160 cm³/mol. The quantitative estimate of drug-likeness (QED) is 0.244. The van der Waals surface area contributed by atoms with Crippen LogP contribution in [-0.4, -0.2) is 23.8 Å². The molecule has 4 aromatic rings. The Bertz CT molecular complexity index is 1780. The number of benzene rings is 3. The molecule has 7 nitrogen and oxygen atoms in total. The zero-order valence-electron chi connectivity index (χ0n) is 22.9. The lowest BCUT2D eigenvalue weighted by Crippen LogP contribution is -2.39. The zero-order chi connectivity index (χ0) is 28.9. The molecule has 210 valence electrons. The molecular weight excluding hydrogens is 560 g/mol. The molecule has 0 bridgehead atoms. The number of aromatic nitrogens is 1. The molecule has 1 aliphatic rings. The Balaban J connectivity index is 1.56. The van der Waals surface area contributed by atoms with Gasteiger partial charge < -0.3 is 14.2 Å². The maximum atomic E-state index is 13.9. The van der Waals surface area contributed by atoms with Gasteiger partial charge in [0, 0.05) is 5.02 Å². The highest BCUT2D eigenvalue weighted by Crippen LogP contribution is 2.32. The third kappa shape index (κ3) is 6.14. The van der Waals surface area contributed by atoms with Gasteiger partial charge in [0.05, 0.1) is 35.1 Å². The average molecular weight is 589 g/mol. The van der Waals surface area contributed by atoms with Crippen molar-refractivity contribution in [1.82, 2.24) is 4.57 Å². The van der Waals surface area contributed by atoms with E-state index in [1.54, 1.807) is 36.6 Å². The number of hydrogen-bond acceptors (Lipinski definition) is 7. The van der Waals surface area contributed by atoms with Crippen LogP contribution in [0.2, 0.25) is 5.02 Å². The van der Waals surface area contributed by atoms with Gasteiger partial charge in [0.25, 0.3) is 5.56 Å². The molecule has 1 aromatic heterocycles. The average Bonchev–Trinajstić information content (AvgIpc) is 3.27. The van der Waals surface area contributed by atoms with E-state index in [0.29, 0.717) is 50.3 Å². The largest absolute Gasteiger partial charge is 0.490 e. The molecule has 1 aliphatic heterocycles. The van der Waals surface area contributed by atoms with Crippen molar-refractivity contribution in [2.75, 3.05) is 13.2 Å². The summed E-state index contributed by atoms with van der Waals surface area (Å²) in [6, 6.07) is 21.9. The first-order valence-electron chi connectivity index (χ1n) is 13.3. The van der Waals surface area contributed by atoms with E-state index in [9.17, 15) is 9.59 Å². The summed E-state index contributed by atoms with van der Waals surface area (Å²) in [7, 11) is 0. The Morgan fingerprint density at radius 2 is 1.76 bits per heavy atom. The van der Waals surface area contributed by atoms with Crippen molar-refractivity contribution in [2.45, 2.75) is 33.4 Å². The van der Waals surface area contributed by atoms with Crippen molar-refractivity contribution in [3.8, 4) is 11.5 Å². The molecule has 9 heteroatoms. The third-order valence-electron chi connectivity index (χ3n) is 6.51. The molecule has 1 unspecified atom stereocenters. The number of ether oxygens (including phenoxy) is 3. The van der Waals surface area contributed by atoms with E-state index in [4.69, 9.17) is 25.8 Å². The Morgan fingerprint density at radius 1 is 1.00 bits per heavy atom. The van der Waals surface area contributed by atoms with E-state index in [2.05, 4.69) is 4.99 Å². The molecule has 5 rings (SSSR count). The smallest absolute Gasteiger partial charge is 0.338 e. The maximum absolute atomic E-state index is 13.9. The minimum Gasteiger partial charge on any atom is -0.490 e. The fourth-order valence-corrected chi connectivity index (χ4v) is 5.81. The highest BCUT2D eigenvalue weighted by Gasteiger charge is 2.33. The summed E-state index contributed by atoms with van der Waals surface area (Å²) in [6.07, 6.45) is 1.80. The number of hydrogen-bond donors (Lipinski definition) is 0. The minimum atomic E-state index is -0.697. The van der Waals surface area contributed by atoms with Crippen LogP contribution in [-0.2, 0) is 16.1 Å². The van der Waals surface area contributed by atoms with Gasteiger partial charge in [0.1, 0.15) is 6.61 Å². The molecule has 0 saturated heterocycles. The third-order valence-corrected chi connectivity index (χ3v) is 7.74. The van der Waals surface area contributed by atoms with E-state index >= 15 is 0 Å². The van der Waals surface area contributed by atoms with Crippen LogP contribution in [0, 0.1) is 0 Å². The number of thiazole rings is 1. The molecule has 41 heavy (non-hydrogen) atoms. The van der Waals surface area contributed by atoms with Crippen molar-refractivity contribution >= 4 is 35.0 Å². The van der Waals surface area contributed by atoms with Crippen molar-refractivity contribution < 1.29 is 19.0 Å². The van der Waals surface area contributed by atoms with Gasteiger partial charge in [-0.3, -0.25) is 9.36 Å². The van der Waals surface area contributed by atoms with Crippen LogP contribution in [0.15, 0.2) is 93.9 Å². The summed E-state index contributed by atoms with van der Waals surface area (Å²) in [4.78, 5) is 32.0. The van der Waals surface area contributed by atoms with Gasteiger partial charge in [0.2, 0.25) is 0 Å². The van der Waals surface area contributed by atoms with Crippen LogP contribution in [0.1, 0.15) is 43.5 Å². The van der Waals surface area contributed by atoms with Crippen LogP contribution in [0.5, 0.6) is 11.5 Å². The van der Waals surface area contributed by atoms with Crippen LogP contribution in [0.3, 0.4) is 0 Å². The highest BCUT2D eigenvalue weighted by molar-refractivity contribution is 7.07. The molecule has 3 aromatic carbocycles. The fraction of sp³-hybridized carbons (Fsp3) is 0.219. The van der Waals surface area contributed by atoms with Crippen LogP contribution in [0.25, 0.3) is 6.08 Å². The number of esters is 1. The monoisotopic (exact) mass is 588 g/mol. The molecular formula is C32H29ClN2O5S. The van der Waals surface area contributed by atoms with Crippen molar-refractivity contribution in [2.24, 2.45) is 4.99 Å². The number of fused-ring (bicyclic) bond motifs is 1. The normalized spacial score (nSPS) is 14.8. The van der Waals surface area contributed by atoms with Crippen LogP contribution >= 0.6 is 22.9 Å². The molecule has 0 spiro atoms. The first kappa shape index (κ1) is 28.4. The Hall–Kier alpha value is -4.14. The number of nitrogens with zero attached hydrogens (tertiary/aromatic N) is 2. The van der Waals surface area contributed by atoms with Gasteiger partial charge in [-0.2, -0.15) is 0 Å². The van der Waals surface area contributed by atoms with Crippen molar-refractivity contribution in [3.63, 3.8) is 0 Å². The first-order valence-corrected chi connectivity index (χ1v) is 14.5. The van der Waals surface area contributed by atoms with E-state index < -0.39 is 12.0 Å². The fourth-order valence-electron chi connectivity index (χ4n) is 4.64. The van der Waals surface area contributed by atoms with Gasteiger partial charge in [-0.1, -0.05) is 71.5 Å². The SMILES string of the molecule is CCOC(=O)C1=C(C)N=c2s/c(=C\c3ccc(OCc4ccccc4)c(OCC)c3)c(=O)n2C1c1ccc(Cl)cc1. The molecule has 0 N–H and O–H groups in total. The topological polar surface area (TPSA) is 79.1 Å². The lowest BCUT2D eigenvalue weighted by molar-refractivity contribution is -0.139. The van der Waals surface area contributed by atoms with Crippen molar-refractivity contribution in [1.29, 1.82) is 0 Å². The molecule has 0 aliphatic carbocycles. The molecule has 0 radical (unpaired) electrons. The number of allylic oxidation sites excluding steroid dienone is 1. The summed E-state index contributed by atoms with van der Waals surface area (Å²) >= 11 is 7.40. The van der Waals surface area contributed by atoms with Crippen molar-refractivity contribution in [3.05, 3.63) is 125 Å².